The molecular formula is C30H43F3N4O2S. The van der Waals surface area contributed by atoms with Crippen molar-refractivity contribution in [1.82, 2.24) is 4.57 Å². The van der Waals surface area contributed by atoms with Gasteiger partial charge in [-0.25, -0.2) is 4.99 Å². The molecule has 1 aromatic heterocycles. The standard InChI is InChI=1S/C23H25F3N4O2S.C3H6.2C2H6/c1-14(20-11-16-17(27)6-5-7-19(16)30(20)13-23(24,25)26)29-22(32-3)12-28-18-9-8-15(33-4)10-21(18)31-2;1-2-3-1;2*1-2/h5-11,28H,1,12-13,27H2,2-4H3;1-3H2;2*1-2H3. The molecule has 0 spiro atoms. The fraction of sp³-hybridized carbons (Fsp3) is 0.433. The van der Waals surface area contributed by atoms with Gasteiger partial charge in [-0.2, -0.15) is 13.2 Å². The van der Waals surface area contributed by atoms with Crippen LogP contribution in [0.25, 0.3) is 16.6 Å². The Labute approximate surface area is 240 Å². The van der Waals surface area contributed by atoms with Gasteiger partial charge in [0.05, 0.1) is 43.4 Å². The number of methoxy groups -OCH3 is 2. The second-order valence-corrected chi connectivity index (χ2v) is 9.03. The van der Waals surface area contributed by atoms with E-state index in [0.717, 1.165) is 15.1 Å². The first-order chi connectivity index (χ1) is 19.2. The Bertz CT molecular complexity index is 1230. The first-order valence-corrected chi connectivity index (χ1v) is 14.6. The molecule has 40 heavy (non-hydrogen) atoms. The van der Waals surface area contributed by atoms with Crippen LogP contribution in [-0.2, 0) is 11.3 Å². The van der Waals surface area contributed by atoms with Gasteiger partial charge in [0, 0.05) is 16.0 Å². The van der Waals surface area contributed by atoms with Gasteiger partial charge in [0.15, 0.2) is 0 Å². The van der Waals surface area contributed by atoms with E-state index < -0.39 is 12.7 Å². The average Bonchev–Trinajstić information content (AvgIpc) is 3.81. The summed E-state index contributed by atoms with van der Waals surface area (Å²) in [5.41, 5.74) is 7.77. The van der Waals surface area contributed by atoms with Crippen LogP contribution in [-0.4, -0.2) is 43.7 Å². The highest BCUT2D eigenvalue weighted by atomic mass is 32.2. The predicted molar refractivity (Wildman–Crippen MR) is 166 cm³/mol. The van der Waals surface area contributed by atoms with Crippen molar-refractivity contribution in [1.29, 1.82) is 0 Å². The molecule has 1 aliphatic carbocycles. The molecule has 3 N–H and O–H groups in total. The van der Waals surface area contributed by atoms with Crippen LogP contribution in [0.1, 0.15) is 52.7 Å². The monoisotopic (exact) mass is 580 g/mol. The molecular weight excluding hydrogens is 537 g/mol. The summed E-state index contributed by atoms with van der Waals surface area (Å²) in [6, 6.07) is 12.1. The van der Waals surface area contributed by atoms with Crippen molar-refractivity contribution < 1.29 is 22.6 Å². The van der Waals surface area contributed by atoms with Crippen LogP contribution in [0.5, 0.6) is 5.75 Å². The maximum absolute atomic E-state index is 13.3. The van der Waals surface area contributed by atoms with Crippen LogP contribution in [0, 0.1) is 0 Å². The number of fused-ring (bicyclic) bond motifs is 1. The van der Waals surface area contributed by atoms with E-state index in [1.807, 2.05) is 52.1 Å². The van der Waals surface area contributed by atoms with E-state index in [1.165, 1.54) is 26.4 Å². The summed E-state index contributed by atoms with van der Waals surface area (Å²) < 4.78 is 51.7. The van der Waals surface area contributed by atoms with Crippen LogP contribution >= 0.6 is 11.8 Å². The summed E-state index contributed by atoms with van der Waals surface area (Å²) in [5.74, 6) is 0.893. The second-order valence-electron chi connectivity index (χ2n) is 8.15. The van der Waals surface area contributed by atoms with Gasteiger partial charge in [-0.1, -0.05) is 59.6 Å². The van der Waals surface area contributed by atoms with E-state index >= 15 is 0 Å². The Morgan fingerprint density at radius 2 is 1.73 bits per heavy atom. The summed E-state index contributed by atoms with van der Waals surface area (Å²) in [7, 11) is 3.01. The number of nitrogens with two attached hydrogens (primary N) is 1. The lowest BCUT2D eigenvalue weighted by atomic mass is 10.2. The number of alkyl halides is 3. The first kappa shape index (κ1) is 34.8. The molecule has 2 aromatic carbocycles. The van der Waals surface area contributed by atoms with Crippen LogP contribution < -0.4 is 15.8 Å². The normalized spacial score (nSPS) is 12.1. The van der Waals surface area contributed by atoms with E-state index in [2.05, 4.69) is 16.9 Å². The number of aliphatic imine (C=N–C) groups is 1. The summed E-state index contributed by atoms with van der Waals surface area (Å²) >= 11 is 1.59. The molecule has 1 fully saturated rings. The minimum Gasteiger partial charge on any atom is -0.495 e. The highest BCUT2D eigenvalue weighted by Gasteiger charge is 2.30. The molecule has 0 saturated heterocycles. The maximum atomic E-state index is 13.3. The largest absolute Gasteiger partial charge is 0.495 e. The van der Waals surface area contributed by atoms with Crippen molar-refractivity contribution in [3.05, 3.63) is 54.7 Å². The molecule has 1 saturated carbocycles. The lowest BCUT2D eigenvalue weighted by molar-refractivity contribution is -0.140. The molecule has 6 nitrogen and oxygen atoms in total. The smallest absolute Gasteiger partial charge is 0.406 e. The Hall–Kier alpha value is -3.27. The highest BCUT2D eigenvalue weighted by molar-refractivity contribution is 7.98. The molecule has 0 radical (unpaired) electrons. The highest BCUT2D eigenvalue weighted by Crippen LogP contribution is 2.32. The molecule has 10 heteroatoms. The Morgan fingerprint density at radius 1 is 1.07 bits per heavy atom. The van der Waals surface area contributed by atoms with Crippen LogP contribution in [0.4, 0.5) is 24.5 Å². The van der Waals surface area contributed by atoms with E-state index in [0.29, 0.717) is 22.3 Å². The third-order valence-electron chi connectivity index (χ3n) is 5.30. The van der Waals surface area contributed by atoms with Gasteiger partial charge in [0.1, 0.15) is 12.3 Å². The van der Waals surface area contributed by atoms with Crippen LogP contribution in [0.15, 0.2) is 58.9 Å². The lowest BCUT2D eigenvalue weighted by Gasteiger charge is -2.15. The van der Waals surface area contributed by atoms with E-state index in [4.69, 9.17) is 15.2 Å². The van der Waals surface area contributed by atoms with Crippen molar-refractivity contribution in [2.45, 2.75) is 64.6 Å². The van der Waals surface area contributed by atoms with Crippen LogP contribution in [0.2, 0.25) is 0 Å². The third kappa shape index (κ3) is 10.7. The number of rotatable bonds is 8. The zero-order valence-corrected chi connectivity index (χ0v) is 25.4. The number of hydrogen-bond acceptors (Lipinski definition) is 6. The van der Waals surface area contributed by atoms with E-state index in [9.17, 15) is 13.2 Å². The van der Waals surface area contributed by atoms with Gasteiger partial charge in [-0.15, -0.1) is 11.8 Å². The van der Waals surface area contributed by atoms with Crippen molar-refractivity contribution in [2.75, 3.05) is 38.1 Å². The summed E-state index contributed by atoms with van der Waals surface area (Å²) in [6.07, 6.45) is 2.04. The third-order valence-corrected chi connectivity index (χ3v) is 6.03. The quantitative estimate of drug-likeness (QED) is 0.120. The minimum absolute atomic E-state index is 0.123. The number of thioether (sulfide) groups is 1. The number of halogens is 3. The van der Waals surface area contributed by atoms with Crippen molar-refractivity contribution in [3.63, 3.8) is 0 Å². The number of ether oxygens (including phenoxy) is 2. The van der Waals surface area contributed by atoms with Gasteiger partial charge < -0.3 is 25.1 Å². The Balaban J connectivity index is 0.00000103. The number of nitrogens with one attached hydrogen (secondary N) is 1. The Kier molecular flexibility index (Phi) is 15.1. The first-order valence-electron chi connectivity index (χ1n) is 13.4. The van der Waals surface area contributed by atoms with Crippen molar-refractivity contribution >= 4 is 45.6 Å². The fourth-order valence-corrected chi connectivity index (χ4v) is 3.81. The molecule has 1 heterocycles. The number of hydrogen-bond donors (Lipinski definition) is 2. The number of benzene rings is 2. The summed E-state index contributed by atoms with van der Waals surface area (Å²) in [6.45, 7) is 10.9. The summed E-state index contributed by atoms with van der Waals surface area (Å²) in [5, 5.41) is 3.68. The zero-order valence-electron chi connectivity index (χ0n) is 24.6. The lowest BCUT2D eigenvalue weighted by Crippen LogP contribution is -2.19. The van der Waals surface area contributed by atoms with E-state index in [1.54, 1.807) is 43.1 Å². The van der Waals surface area contributed by atoms with Gasteiger partial charge in [0.2, 0.25) is 5.90 Å². The van der Waals surface area contributed by atoms with Crippen LogP contribution in [0.3, 0.4) is 0 Å². The number of anilines is 2. The Morgan fingerprint density at radius 3 is 2.25 bits per heavy atom. The molecule has 222 valence electrons. The topological polar surface area (TPSA) is 73.8 Å². The maximum Gasteiger partial charge on any atom is 0.406 e. The van der Waals surface area contributed by atoms with Crippen molar-refractivity contribution in [3.8, 4) is 5.75 Å². The average molecular weight is 581 g/mol. The molecule has 0 amide bonds. The second kappa shape index (κ2) is 17.4. The van der Waals surface area contributed by atoms with Gasteiger partial charge in [0.25, 0.3) is 0 Å². The van der Waals surface area contributed by atoms with Gasteiger partial charge >= 0.3 is 6.18 Å². The zero-order chi connectivity index (χ0) is 30.3. The molecule has 0 atom stereocenters. The molecule has 0 aliphatic heterocycles. The molecule has 4 rings (SSSR count). The SMILES string of the molecule is C1CC1.C=C(N=C(CNc1ccc(SC)cc1OC)OC)c1cc2c(N)cccc2n1CC(F)(F)F.CC.CC. The number of nitrogens with zero attached hydrogens (tertiary/aromatic N) is 2. The predicted octanol–water partition coefficient (Wildman–Crippen LogP) is 8.87. The molecule has 3 aromatic rings. The molecule has 0 unspecified atom stereocenters. The molecule has 1 aliphatic rings. The minimum atomic E-state index is -4.43. The summed E-state index contributed by atoms with van der Waals surface area (Å²) in [4.78, 5) is 5.39. The van der Waals surface area contributed by atoms with Gasteiger partial charge in [-0.05, 0) is 42.7 Å². The fourth-order valence-electron chi connectivity index (χ4n) is 3.38. The molecule has 0 bridgehead atoms. The van der Waals surface area contributed by atoms with Gasteiger partial charge in [-0.3, -0.25) is 0 Å². The van der Waals surface area contributed by atoms with E-state index in [-0.39, 0.29) is 23.8 Å². The van der Waals surface area contributed by atoms with Crippen molar-refractivity contribution in [2.24, 2.45) is 4.99 Å². The number of nitrogen functional groups attached to an aromatic ring is 1. The number of aromatic nitrogens is 1.